The molecule has 0 aliphatic carbocycles. The third-order valence-corrected chi connectivity index (χ3v) is 6.77. The fourth-order valence-corrected chi connectivity index (χ4v) is 4.84. The van der Waals surface area contributed by atoms with Crippen LogP contribution in [0.25, 0.3) is 21.9 Å². The van der Waals surface area contributed by atoms with Gasteiger partial charge < -0.3 is 44.1 Å². The van der Waals surface area contributed by atoms with Crippen LogP contribution in [-0.4, -0.2) is 82.8 Å². The Balaban J connectivity index is 1.58. The number of aliphatic hydroxyl groups is 3. The second-order valence-corrected chi connectivity index (χ2v) is 9.31. The molecule has 2 aliphatic rings. The van der Waals surface area contributed by atoms with Crippen LogP contribution in [0.5, 0.6) is 11.5 Å². The minimum atomic E-state index is -1.77. The van der Waals surface area contributed by atoms with Crippen molar-refractivity contribution in [1.29, 1.82) is 0 Å². The van der Waals surface area contributed by atoms with Gasteiger partial charge in [0, 0.05) is 16.3 Å². The van der Waals surface area contributed by atoms with Crippen LogP contribution in [0.15, 0.2) is 48.5 Å². The summed E-state index contributed by atoms with van der Waals surface area (Å²) < 4.78 is 27.6. The molecule has 1 fully saturated rings. The van der Waals surface area contributed by atoms with E-state index in [0.29, 0.717) is 27.5 Å². The van der Waals surface area contributed by atoms with Crippen molar-refractivity contribution in [3.63, 3.8) is 0 Å². The van der Waals surface area contributed by atoms with E-state index in [1.807, 2.05) is 30.3 Å². The van der Waals surface area contributed by atoms with E-state index >= 15 is 0 Å². The van der Waals surface area contributed by atoms with Gasteiger partial charge in [-0.3, -0.25) is 9.59 Å². The summed E-state index contributed by atoms with van der Waals surface area (Å²) in [5, 5.41) is 41.5. The van der Waals surface area contributed by atoms with Gasteiger partial charge in [0.1, 0.15) is 44.1 Å². The van der Waals surface area contributed by atoms with Gasteiger partial charge >= 0.3 is 17.9 Å². The van der Waals surface area contributed by atoms with Gasteiger partial charge in [0.25, 0.3) is 0 Å². The molecule has 5 rings (SSSR count). The predicted octanol–water partition coefficient (Wildman–Crippen LogP) is 1.39. The van der Waals surface area contributed by atoms with Crippen molar-refractivity contribution >= 4 is 28.7 Å². The Morgan fingerprint density at radius 3 is 2.40 bits per heavy atom. The lowest BCUT2D eigenvalue weighted by Gasteiger charge is -2.40. The Kier molecular flexibility index (Phi) is 7.59. The number of carbonyl (C=O) groups excluding carboxylic acids is 2. The number of aliphatic hydroxyl groups excluding tert-OH is 3. The van der Waals surface area contributed by atoms with Crippen molar-refractivity contribution in [3.8, 4) is 22.6 Å². The molecule has 0 aromatic heterocycles. The Morgan fingerprint density at radius 1 is 0.975 bits per heavy atom. The smallest absolute Gasteiger partial charge is 0.339 e. The highest BCUT2D eigenvalue weighted by Gasteiger charge is 2.46. The van der Waals surface area contributed by atoms with Crippen LogP contribution < -0.4 is 9.47 Å². The number of aliphatic carboxylic acids is 1. The first-order chi connectivity index (χ1) is 19.2. The van der Waals surface area contributed by atoms with Gasteiger partial charge in [-0.2, -0.15) is 0 Å². The van der Waals surface area contributed by atoms with E-state index in [9.17, 15) is 29.7 Å². The fourth-order valence-electron chi connectivity index (χ4n) is 4.84. The molecule has 0 unspecified atom stereocenters. The summed E-state index contributed by atoms with van der Waals surface area (Å²) in [6.07, 6.45) is -9.06. The highest BCUT2D eigenvalue weighted by Crippen LogP contribution is 2.47. The fraction of sp³-hybridized carbons (Fsp3) is 0.321. The zero-order chi connectivity index (χ0) is 28.6. The second kappa shape index (κ2) is 11.1. The Labute approximate surface area is 227 Å². The van der Waals surface area contributed by atoms with E-state index in [2.05, 4.69) is 0 Å². The first kappa shape index (κ1) is 27.3. The van der Waals surface area contributed by atoms with Gasteiger partial charge in [-0.15, -0.1) is 0 Å². The maximum Gasteiger partial charge on any atom is 0.339 e. The lowest BCUT2D eigenvalue weighted by molar-refractivity contribution is -0.278. The van der Waals surface area contributed by atoms with Crippen molar-refractivity contribution in [2.45, 2.75) is 43.7 Å². The number of rotatable bonds is 8. The lowest BCUT2D eigenvalue weighted by atomic mass is 9.90. The number of esters is 2. The molecule has 1 saturated heterocycles. The average molecular weight is 555 g/mol. The van der Waals surface area contributed by atoms with Crippen LogP contribution in [0.3, 0.4) is 0 Å². The SMILES string of the molecule is COc1cc2c3c(ccc(-c4ccccc4)c3c1O[C@@H]1O[C@H](COC(=O)CC(=O)O)[C@@H](O)[C@H](O)[C@H]1O)C(=O)OC2. The van der Waals surface area contributed by atoms with Gasteiger partial charge in [0.05, 0.1) is 12.7 Å². The maximum atomic E-state index is 12.6. The molecule has 4 N–H and O–H groups in total. The standard InChI is InChI=1S/C28H26O12/c1-36-17-9-14-11-38-27(35)16-8-7-15(13-5-3-2-4-6-13)22(21(14)16)26(17)40-28-25(34)24(33)23(32)18(39-28)12-37-20(31)10-19(29)30/h2-9,18,23-25,28,32-34H,10-12H2,1H3,(H,29,30)/t18-,23-,24+,25-,28+/m1/s1. The Morgan fingerprint density at radius 2 is 1.70 bits per heavy atom. The normalized spacial score (nSPS) is 23.8. The Hall–Kier alpha value is -4.23. The van der Waals surface area contributed by atoms with Crippen LogP contribution >= 0.6 is 0 Å². The predicted molar refractivity (Wildman–Crippen MR) is 136 cm³/mol. The number of hydrogen-bond acceptors (Lipinski definition) is 11. The molecule has 40 heavy (non-hydrogen) atoms. The van der Waals surface area contributed by atoms with E-state index in [-0.39, 0.29) is 18.1 Å². The summed E-state index contributed by atoms with van der Waals surface area (Å²) >= 11 is 0. The molecule has 5 atom stereocenters. The molecule has 12 nitrogen and oxygen atoms in total. The molecule has 0 bridgehead atoms. The van der Waals surface area contributed by atoms with Crippen LogP contribution in [-0.2, 0) is 30.4 Å². The molecule has 12 heteroatoms. The third-order valence-electron chi connectivity index (χ3n) is 6.77. The first-order valence-corrected chi connectivity index (χ1v) is 12.3. The van der Waals surface area contributed by atoms with Crippen molar-refractivity contribution < 1.29 is 58.5 Å². The van der Waals surface area contributed by atoms with Crippen molar-refractivity contribution in [1.82, 2.24) is 0 Å². The first-order valence-electron chi connectivity index (χ1n) is 12.3. The Bertz CT molecular complexity index is 1450. The van der Waals surface area contributed by atoms with E-state index in [1.165, 1.54) is 7.11 Å². The van der Waals surface area contributed by atoms with Crippen LogP contribution in [0.4, 0.5) is 0 Å². The number of carboxylic acid groups (broad SMARTS) is 1. The third kappa shape index (κ3) is 5.05. The minimum Gasteiger partial charge on any atom is -0.493 e. The minimum absolute atomic E-state index is 0.00550. The summed E-state index contributed by atoms with van der Waals surface area (Å²) in [6.45, 7) is -0.618. The molecule has 0 spiro atoms. The molecule has 3 aromatic rings. The highest BCUT2D eigenvalue weighted by molar-refractivity contribution is 6.14. The zero-order valence-electron chi connectivity index (χ0n) is 21.2. The largest absolute Gasteiger partial charge is 0.493 e. The molecular formula is C28H26O12. The summed E-state index contributed by atoms with van der Waals surface area (Å²) in [4.78, 5) is 35.1. The van der Waals surface area contributed by atoms with E-state index < -0.39 is 61.6 Å². The van der Waals surface area contributed by atoms with E-state index in [1.54, 1.807) is 18.2 Å². The molecular weight excluding hydrogens is 528 g/mol. The van der Waals surface area contributed by atoms with Crippen molar-refractivity contribution in [2.75, 3.05) is 13.7 Å². The molecule has 210 valence electrons. The lowest BCUT2D eigenvalue weighted by Crippen LogP contribution is -2.60. The molecule has 0 amide bonds. The number of ether oxygens (including phenoxy) is 5. The topological polar surface area (TPSA) is 178 Å². The van der Waals surface area contributed by atoms with Gasteiger partial charge in [-0.25, -0.2) is 4.79 Å². The number of carbonyl (C=O) groups is 3. The molecule has 0 radical (unpaired) electrons. The summed E-state index contributed by atoms with van der Waals surface area (Å²) in [7, 11) is 1.41. The van der Waals surface area contributed by atoms with Crippen molar-refractivity contribution in [2.24, 2.45) is 0 Å². The summed E-state index contributed by atoms with van der Waals surface area (Å²) in [6, 6.07) is 14.3. The summed E-state index contributed by atoms with van der Waals surface area (Å²) in [5.41, 5.74) is 2.43. The monoisotopic (exact) mass is 554 g/mol. The van der Waals surface area contributed by atoms with Gasteiger partial charge in [-0.1, -0.05) is 36.4 Å². The molecule has 2 heterocycles. The zero-order valence-corrected chi connectivity index (χ0v) is 21.2. The number of hydrogen-bond donors (Lipinski definition) is 4. The van der Waals surface area contributed by atoms with Gasteiger partial charge in [0.15, 0.2) is 11.5 Å². The summed E-state index contributed by atoms with van der Waals surface area (Å²) in [5.74, 6) is -2.70. The van der Waals surface area contributed by atoms with Gasteiger partial charge in [-0.05, 0) is 23.3 Å². The highest BCUT2D eigenvalue weighted by atomic mass is 16.7. The van der Waals surface area contributed by atoms with Crippen molar-refractivity contribution in [3.05, 3.63) is 59.7 Å². The van der Waals surface area contributed by atoms with E-state index in [0.717, 1.165) is 5.56 Å². The molecule has 0 saturated carbocycles. The quantitative estimate of drug-likeness (QED) is 0.233. The van der Waals surface area contributed by atoms with Crippen LogP contribution in [0.1, 0.15) is 22.3 Å². The number of benzene rings is 3. The van der Waals surface area contributed by atoms with E-state index in [4.69, 9.17) is 28.8 Å². The maximum absolute atomic E-state index is 12.6. The van der Waals surface area contributed by atoms with Gasteiger partial charge in [0.2, 0.25) is 6.29 Å². The molecule has 3 aromatic carbocycles. The van der Waals surface area contributed by atoms with Crippen LogP contribution in [0.2, 0.25) is 0 Å². The number of carboxylic acids is 1. The van der Waals surface area contributed by atoms with Crippen LogP contribution in [0, 0.1) is 0 Å². The average Bonchev–Trinajstić information content (AvgIpc) is 2.95. The number of cyclic esters (lactones) is 1. The number of methoxy groups -OCH3 is 1. The molecule has 2 aliphatic heterocycles. The second-order valence-electron chi connectivity index (χ2n) is 9.31.